The Kier molecular flexibility index (Phi) is 4.75. The van der Waals surface area contributed by atoms with Gasteiger partial charge in [-0.25, -0.2) is 13.4 Å². The third-order valence-electron chi connectivity index (χ3n) is 4.67. The van der Waals surface area contributed by atoms with Gasteiger partial charge in [-0.2, -0.15) is 0 Å². The molecule has 3 aromatic rings. The van der Waals surface area contributed by atoms with Crippen molar-refractivity contribution in [3.63, 3.8) is 0 Å². The molecule has 0 spiro atoms. The van der Waals surface area contributed by atoms with Crippen molar-refractivity contribution in [3.05, 3.63) is 65.9 Å². The van der Waals surface area contributed by atoms with Gasteiger partial charge in [0.15, 0.2) is 12.1 Å². The Morgan fingerprint density at radius 3 is 2.69 bits per heavy atom. The van der Waals surface area contributed by atoms with Crippen LogP contribution >= 0.6 is 0 Å². The summed E-state index contributed by atoms with van der Waals surface area (Å²) >= 11 is 0. The first-order valence-electron chi connectivity index (χ1n) is 8.94. The van der Waals surface area contributed by atoms with Crippen molar-refractivity contribution < 1.29 is 22.4 Å². The Balaban J connectivity index is 1.72. The molecule has 1 aliphatic rings. The summed E-state index contributed by atoms with van der Waals surface area (Å²) < 4.78 is 38.9. The van der Waals surface area contributed by atoms with Gasteiger partial charge >= 0.3 is 0 Å². The molecule has 1 aliphatic heterocycles. The number of anilines is 2. The van der Waals surface area contributed by atoms with E-state index in [0.29, 0.717) is 17.1 Å². The van der Waals surface area contributed by atoms with E-state index >= 15 is 0 Å². The lowest BCUT2D eigenvalue weighted by molar-refractivity contribution is 0.102. The summed E-state index contributed by atoms with van der Waals surface area (Å²) in [5, 5.41) is 2.66. The molecule has 0 fully saturated rings. The van der Waals surface area contributed by atoms with Crippen molar-refractivity contribution in [3.8, 4) is 5.75 Å². The molecule has 0 saturated carbocycles. The van der Waals surface area contributed by atoms with E-state index in [-0.39, 0.29) is 29.5 Å². The molecule has 0 aliphatic carbocycles. The van der Waals surface area contributed by atoms with E-state index in [4.69, 9.17) is 9.15 Å². The SMILES string of the molecule is Cc1ccccc1N1CCOc2ccc(NC(=O)c3ncoc3C)cc2S1(=O)=O. The van der Waals surface area contributed by atoms with Crippen LogP contribution in [-0.4, -0.2) is 32.5 Å². The van der Waals surface area contributed by atoms with Crippen LogP contribution in [0.2, 0.25) is 0 Å². The van der Waals surface area contributed by atoms with Crippen LogP contribution in [-0.2, 0) is 10.0 Å². The Labute approximate surface area is 168 Å². The van der Waals surface area contributed by atoms with Gasteiger partial charge in [-0.3, -0.25) is 9.10 Å². The van der Waals surface area contributed by atoms with Gasteiger partial charge in [0.25, 0.3) is 15.9 Å². The number of hydrogen-bond acceptors (Lipinski definition) is 6. The number of aryl methyl sites for hydroxylation is 2. The normalized spacial score (nSPS) is 15.2. The molecule has 0 atom stereocenters. The second-order valence-electron chi connectivity index (χ2n) is 6.58. The van der Waals surface area contributed by atoms with Crippen LogP contribution in [0, 0.1) is 13.8 Å². The van der Waals surface area contributed by atoms with Gasteiger partial charge in [-0.1, -0.05) is 18.2 Å². The molecule has 0 bridgehead atoms. The molecule has 4 rings (SSSR count). The number of amides is 1. The summed E-state index contributed by atoms with van der Waals surface area (Å²) in [5.41, 5.74) is 1.89. The number of benzene rings is 2. The fourth-order valence-corrected chi connectivity index (χ4v) is 4.86. The van der Waals surface area contributed by atoms with Crippen LogP contribution in [0.25, 0.3) is 0 Å². The highest BCUT2D eigenvalue weighted by Gasteiger charge is 2.32. The summed E-state index contributed by atoms with van der Waals surface area (Å²) in [4.78, 5) is 16.3. The average molecular weight is 413 g/mol. The highest BCUT2D eigenvalue weighted by Crippen LogP contribution is 2.35. The van der Waals surface area contributed by atoms with Gasteiger partial charge in [0, 0.05) is 5.69 Å². The van der Waals surface area contributed by atoms with Crippen molar-refractivity contribution in [2.45, 2.75) is 18.7 Å². The molecule has 0 radical (unpaired) electrons. The number of rotatable bonds is 3. The summed E-state index contributed by atoms with van der Waals surface area (Å²) in [6.07, 6.45) is 1.18. The van der Waals surface area contributed by atoms with Crippen LogP contribution in [0.4, 0.5) is 11.4 Å². The average Bonchev–Trinajstić information content (AvgIpc) is 3.07. The Morgan fingerprint density at radius 2 is 1.97 bits per heavy atom. The van der Waals surface area contributed by atoms with Crippen molar-refractivity contribution >= 4 is 27.3 Å². The number of para-hydroxylation sites is 1. The number of carbonyl (C=O) groups is 1. The number of oxazole rings is 1. The van der Waals surface area contributed by atoms with Gasteiger partial charge in [0.05, 0.1) is 12.2 Å². The van der Waals surface area contributed by atoms with Gasteiger partial charge in [0.2, 0.25) is 0 Å². The molecule has 2 aromatic carbocycles. The standard InChI is InChI=1S/C20H19N3O5S/c1-13-5-3-4-6-16(13)23-9-10-27-17-8-7-15(11-18(17)29(23,25)26)22-20(24)19-14(2)28-12-21-19/h3-8,11-12H,9-10H2,1-2H3,(H,22,24). The van der Waals surface area contributed by atoms with Crippen molar-refractivity contribution in [1.29, 1.82) is 0 Å². The predicted octanol–water partition coefficient (Wildman–Crippen LogP) is 3.13. The lowest BCUT2D eigenvalue weighted by Crippen LogP contribution is -2.33. The molecule has 1 aromatic heterocycles. The zero-order valence-electron chi connectivity index (χ0n) is 15.9. The second-order valence-corrected chi connectivity index (χ2v) is 8.42. The predicted molar refractivity (Wildman–Crippen MR) is 107 cm³/mol. The quantitative estimate of drug-likeness (QED) is 0.708. The highest BCUT2D eigenvalue weighted by molar-refractivity contribution is 7.93. The molecular formula is C20H19N3O5S. The van der Waals surface area contributed by atoms with E-state index in [1.54, 1.807) is 31.2 Å². The summed E-state index contributed by atoms with van der Waals surface area (Å²) in [5.74, 6) is 0.134. The topological polar surface area (TPSA) is 102 Å². The molecule has 1 amide bonds. The van der Waals surface area contributed by atoms with Crippen LogP contribution in [0.5, 0.6) is 5.75 Å². The smallest absolute Gasteiger partial charge is 0.277 e. The minimum Gasteiger partial charge on any atom is -0.490 e. The van der Waals surface area contributed by atoms with E-state index < -0.39 is 15.9 Å². The zero-order chi connectivity index (χ0) is 20.6. The number of hydrogen-bond donors (Lipinski definition) is 1. The fourth-order valence-electron chi connectivity index (χ4n) is 3.19. The largest absolute Gasteiger partial charge is 0.490 e. The lowest BCUT2D eigenvalue weighted by Gasteiger charge is -2.23. The third-order valence-corrected chi connectivity index (χ3v) is 6.50. The molecule has 8 nitrogen and oxygen atoms in total. The zero-order valence-corrected chi connectivity index (χ0v) is 16.7. The van der Waals surface area contributed by atoms with E-state index in [1.165, 1.54) is 16.8 Å². The first-order valence-corrected chi connectivity index (χ1v) is 10.4. The molecule has 9 heteroatoms. The Hall–Kier alpha value is -3.33. The van der Waals surface area contributed by atoms with E-state index in [1.807, 2.05) is 19.1 Å². The van der Waals surface area contributed by atoms with Crippen LogP contribution < -0.4 is 14.4 Å². The van der Waals surface area contributed by atoms with Gasteiger partial charge in [-0.05, 0) is 43.7 Å². The molecule has 0 saturated heterocycles. The minimum atomic E-state index is -3.89. The van der Waals surface area contributed by atoms with Crippen molar-refractivity contribution in [2.75, 3.05) is 22.8 Å². The molecular weight excluding hydrogens is 394 g/mol. The number of aromatic nitrogens is 1. The monoisotopic (exact) mass is 413 g/mol. The fraction of sp³-hybridized carbons (Fsp3) is 0.200. The number of ether oxygens (including phenoxy) is 1. The maximum absolute atomic E-state index is 13.4. The van der Waals surface area contributed by atoms with Crippen LogP contribution in [0.15, 0.2) is 58.2 Å². The van der Waals surface area contributed by atoms with Gasteiger partial charge < -0.3 is 14.5 Å². The molecule has 0 unspecified atom stereocenters. The Bertz CT molecular complexity index is 1190. The van der Waals surface area contributed by atoms with E-state index in [0.717, 1.165) is 5.56 Å². The second kappa shape index (κ2) is 7.25. The number of fused-ring (bicyclic) bond motifs is 1. The summed E-state index contributed by atoms with van der Waals surface area (Å²) in [6.45, 7) is 3.87. The van der Waals surface area contributed by atoms with Crippen molar-refractivity contribution in [2.24, 2.45) is 0 Å². The molecule has 29 heavy (non-hydrogen) atoms. The molecule has 2 heterocycles. The third kappa shape index (κ3) is 3.44. The molecule has 150 valence electrons. The van der Waals surface area contributed by atoms with Crippen LogP contribution in [0.3, 0.4) is 0 Å². The van der Waals surface area contributed by atoms with Gasteiger partial charge in [0.1, 0.15) is 23.0 Å². The maximum atomic E-state index is 13.4. The van der Waals surface area contributed by atoms with E-state index in [2.05, 4.69) is 10.3 Å². The highest BCUT2D eigenvalue weighted by atomic mass is 32.2. The first kappa shape index (κ1) is 19.0. The number of nitrogens with zero attached hydrogens (tertiary/aromatic N) is 2. The maximum Gasteiger partial charge on any atom is 0.277 e. The minimum absolute atomic E-state index is 0.00655. The van der Waals surface area contributed by atoms with Gasteiger partial charge in [-0.15, -0.1) is 0 Å². The molecule has 1 N–H and O–H groups in total. The number of nitrogens with one attached hydrogen (secondary N) is 1. The van der Waals surface area contributed by atoms with Crippen LogP contribution in [0.1, 0.15) is 21.8 Å². The number of sulfonamides is 1. The summed E-state index contributed by atoms with van der Waals surface area (Å²) in [6, 6.07) is 11.8. The Morgan fingerprint density at radius 1 is 1.17 bits per heavy atom. The van der Waals surface area contributed by atoms with E-state index in [9.17, 15) is 13.2 Å². The number of carbonyl (C=O) groups excluding carboxylic acids is 1. The first-order chi connectivity index (χ1) is 13.9. The summed E-state index contributed by atoms with van der Waals surface area (Å²) in [7, 11) is -3.89. The van der Waals surface area contributed by atoms with Crippen molar-refractivity contribution in [1.82, 2.24) is 4.98 Å². The lowest BCUT2D eigenvalue weighted by atomic mass is 10.2.